The summed E-state index contributed by atoms with van der Waals surface area (Å²) in [6, 6.07) is 10.4. The van der Waals surface area contributed by atoms with Gasteiger partial charge in [0.05, 0.1) is 0 Å². The van der Waals surface area contributed by atoms with Gasteiger partial charge in [0.1, 0.15) is 0 Å². The zero-order valence-electron chi connectivity index (χ0n) is 12.7. The molecule has 2 heteroatoms. The molecule has 1 saturated heterocycles. The molecule has 0 aromatic heterocycles. The van der Waals surface area contributed by atoms with E-state index < -0.39 is 0 Å². The number of rotatable bonds is 4. The van der Waals surface area contributed by atoms with Crippen molar-refractivity contribution in [1.82, 2.24) is 4.90 Å². The van der Waals surface area contributed by atoms with Crippen LogP contribution in [-0.2, 0) is 0 Å². The third-order valence-electron chi connectivity index (χ3n) is 5.10. The third-order valence-corrected chi connectivity index (χ3v) is 5.10. The lowest BCUT2D eigenvalue weighted by Crippen LogP contribution is -2.39. The molecule has 0 bridgehead atoms. The molecule has 110 valence electrons. The van der Waals surface area contributed by atoms with Crippen LogP contribution in [0.15, 0.2) is 24.3 Å². The van der Waals surface area contributed by atoms with Crippen LogP contribution in [0.5, 0.6) is 0 Å². The Hall–Kier alpha value is -0.860. The topological polar surface area (TPSA) is 29.3 Å². The van der Waals surface area contributed by atoms with E-state index in [0.717, 1.165) is 12.5 Å². The van der Waals surface area contributed by atoms with E-state index in [1.807, 2.05) is 0 Å². The van der Waals surface area contributed by atoms with Crippen molar-refractivity contribution >= 4 is 0 Å². The van der Waals surface area contributed by atoms with Crippen molar-refractivity contribution in [2.24, 2.45) is 5.73 Å². The molecule has 2 unspecified atom stereocenters. The molecule has 2 fully saturated rings. The summed E-state index contributed by atoms with van der Waals surface area (Å²) in [5.41, 5.74) is 9.05. The van der Waals surface area contributed by atoms with Gasteiger partial charge in [0, 0.05) is 18.6 Å². The Balaban J connectivity index is 1.76. The summed E-state index contributed by atoms with van der Waals surface area (Å²) < 4.78 is 0. The minimum Gasteiger partial charge on any atom is -0.329 e. The van der Waals surface area contributed by atoms with Gasteiger partial charge < -0.3 is 5.73 Å². The molecule has 1 aliphatic carbocycles. The molecule has 2 atom stereocenters. The van der Waals surface area contributed by atoms with Gasteiger partial charge in [0.2, 0.25) is 0 Å². The molecular formula is C18H28N2. The van der Waals surface area contributed by atoms with Crippen molar-refractivity contribution in [1.29, 1.82) is 0 Å². The second kappa shape index (κ2) is 6.28. The zero-order chi connectivity index (χ0) is 13.9. The fourth-order valence-electron chi connectivity index (χ4n) is 3.63. The van der Waals surface area contributed by atoms with E-state index in [-0.39, 0.29) is 0 Å². The van der Waals surface area contributed by atoms with E-state index in [1.165, 1.54) is 56.2 Å². The Morgan fingerprint density at radius 3 is 2.50 bits per heavy atom. The molecule has 1 heterocycles. The third kappa shape index (κ3) is 3.07. The second-order valence-corrected chi connectivity index (χ2v) is 6.63. The first kappa shape index (κ1) is 14.1. The highest BCUT2D eigenvalue weighted by atomic mass is 15.2. The SMILES string of the molecule is CC1CCCCCN1C(CN)c1ccc(C2CC2)cc1. The molecule has 2 nitrogen and oxygen atoms in total. The van der Waals surface area contributed by atoms with Gasteiger partial charge in [-0.05, 0) is 56.2 Å². The van der Waals surface area contributed by atoms with Crippen molar-refractivity contribution in [3.63, 3.8) is 0 Å². The fraction of sp³-hybridized carbons (Fsp3) is 0.667. The standard InChI is InChI=1S/C18H28N2/c1-14-5-3-2-4-12-20(14)18(13-19)17-10-8-16(9-11-17)15-6-7-15/h8-11,14-15,18H,2-7,12-13,19H2,1H3. The summed E-state index contributed by atoms with van der Waals surface area (Å²) in [4.78, 5) is 2.64. The fourth-order valence-corrected chi connectivity index (χ4v) is 3.63. The number of nitrogens with zero attached hydrogens (tertiary/aromatic N) is 1. The largest absolute Gasteiger partial charge is 0.329 e. The minimum atomic E-state index is 0.399. The van der Waals surface area contributed by atoms with Gasteiger partial charge in [0.25, 0.3) is 0 Å². The maximum Gasteiger partial charge on any atom is 0.0473 e. The maximum atomic E-state index is 6.12. The lowest BCUT2D eigenvalue weighted by atomic mass is 10.00. The first-order valence-corrected chi connectivity index (χ1v) is 8.35. The van der Waals surface area contributed by atoms with Crippen LogP contribution in [0.4, 0.5) is 0 Å². The molecule has 1 aromatic rings. The molecular weight excluding hydrogens is 244 g/mol. The molecule has 0 spiro atoms. The van der Waals surface area contributed by atoms with Gasteiger partial charge >= 0.3 is 0 Å². The highest BCUT2D eigenvalue weighted by Crippen LogP contribution is 2.40. The van der Waals surface area contributed by atoms with Gasteiger partial charge in [-0.3, -0.25) is 4.90 Å². The van der Waals surface area contributed by atoms with Gasteiger partial charge in [-0.25, -0.2) is 0 Å². The Morgan fingerprint density at radius 1 is 1.10 bits per heavy atom. The predicted octanol–water partition coefficient (Wildman–Crippen LogP) is 3.83. The Bertz CT molecular complexity index is 422. The summed E-state index contributed by atoms with van der Waals surface area (Å²) >= 11 is 0. The highest BCUT2D eigenvalue weighted by Gasteiger charge is 2.26. The normalized spacial score (nSPS) is 26.2. The molecule has 20 heavy (non-hydrogen) atoms. The van der Waals surface area contributed by atoms with E-state index >= 15 is 0 Å². The van der Waals surface area contributed by atoms with Crippen molar-refractivity contribution < 1.29 is 0 Å². The van der Waals surface area contributed by atoms with Crippen molar-refractivity contribution in [3.05, 3.63) is 35.4 Å². The van der Waals surface area contributed by atoms with Crippen LogP contribution >= 0.6 is 0 Å². The van der Waals surface area contributed by atoms with Crippen LogP contribution in [0.3, 0.4) is 0 Å². The number of benzene rings is 1. The average Bonchev–Trinajstić information content (AvgIpc) is 3.30. The van der Waals surface area contributed by atoms with E-state index in [4.69, 9.17) is 5.73 Å². The molecule has 2 N–H and O–H groups in total. The molecule has 3 rings (SSSR count). The Labute approximate surface area is 123 Å². The monoisotopic (exact) mass is 272 g/mol. The van der Waals surface area contributed by atoms with Crippen LogP contribution in [0.2, 0.25) is 0 Å². The molecule has 1 aliphatic heterocycles. The smallest absolute Gasteiger partial charge is 0.0473 e. The summed E-state index contributed by atoms with van der Waals surface area (Å²) in [6.07, 6.45) is 8.14. The molecule has 2 aliphatic rings. The Kier molecular flexibility index (Phi) is 4.42. The van der Waals surface area contributed by atoms with Gasteiger partial charge in [-0.1, -0.05) is 37.1 Å². The quantitative estimate of drug-likeness (QED) is 0.902. The zero-order valence-corrected chi connectivity index (χ0v) is 12.7. The number of likely N-dealkylation sites (tertiary alicyclic amines) is 1. The number of hydrogen-bond acceptors (Lipinski definition) is 2. The van der Waals surface area contributed by atoms with Crippen molar-refractivity contribution in [3.8, 4) is 0 Å². The second-order valence-electron chi connectivity index (χ2n) is 6.63. The summed E-state index contributed by atoms with van der Waals surface area (Å²) in [5.74, 6) is 0.845. The van der Waals surface area contributed by atoms with Crippen molar-refractivity contribution in [2.45, 2.75) is 63.5 Å². The molecule has 1 saturated carbocycles. The van der Waals surface area contributed by atoms with Gasteiger partial charge in [0.15, 0.2) is 0 Å². The van der Waals surface area contributed by atoms with Crippen LogP contribution in [0, 0.1) is 0 Å². The molecule has 1 aromatic carbocycles. The molecule has 0 amide bonds. The first-order valence-electron chi connectivity index (χ1n) is 8.35. The predicted molar refractivity (Wildman–Crippen MR) is 84.8 cm³/mol. The summed E-state index contributed by atoms with van der Waals surface area (Å²) in [6.45, 7) is 4.30. The van der Waals surface area contributed by atoms with Crippen molar-refractivity contribution in [2.75, 3.05) is 13.1 Å². The average molecular weight is 272 g/mol. The summed E-state index contributed by atoms with van der Waals surface area (Å²) in [7, 11) is 0. The van der Waals surface area contributed by atoms with Crippen LogP contribution < -0.4 is 5.73 Å². The van der Waals surface area contributed by atoms with Crippen LogP contribution in [0.25, 0.3) is 0 Å². The van der Waals surface area contributed by atoms with Gasteiger partial charge in [-0.15, -0.1) is 0 Å². The lowest BCUT2D eigenvalue weighted by molar-refractivity contribution is 0.151. The van der Waals surface area contributed by atoms with Crippen LogP contribution in [0.1, 0.15) is 68.5 Å². The highest BCUT2D eigenvalue weighted by molar-refractivity contribution is 5.30. The van der Waals surface area contributed by atoms with E-state index in [9.17, 15) is 0 Å². The number of hydrogen-bond donors (Lipinski definition) is 1. The van der Waals surface area contributed by atoms with Gasteiger partial charge in [-0.2, -0.15) is 0 Å². The molecule has 0 radical (unpaired) electrons. The Morgan fingerprint density at radius 2 is 1.85 bits per heavy atom. The first-order chi connectivity index (χ1) is 9.79. The minimum absolute atomic E-state index is 0.399. The van der Waals surface area contributed by atoms with E-state index in [2.05, 4.69) is 36.1 Å². The van der Waals surface area contributed by atoms with Crippen LogP contribution in [-0.4, -0.2) is 24.0 Å². The summed E-state index contributed by atoms with van der Waals surface area (Å²) in [5, 5.41) is 0. The number of nitrogens with two attached hydrogens (primary N) is 1. The van der Waals surface area contributed by atoms with E-state index in [1.54, 1.807) is 0 Å². The lowest BCUT2D eigenvalue weighted by Gasteiger charge is -2.35. The maximum absolute atomic E-state index is 6.12. The van der Waals surface area contributed by atoms with E-state index in [0.29, 0.717) is 12.1 Å².